The summed E-state index contributed by atoms with van der Waals surface area (Å²) in [7, 11) is 0. The first-order chi connectivity index (χ1) is 18.0. The molecule has 0 aromatic heterocycles. The van der Waals surface area contributed by atoms with Gasteiger partial charge < -0.3 is 4.90 Å². The number of amides is 2. The molecule has 4 heteroatoms. The highest BCUT2D eigenvalue weighted by Crippen LogP contribution is 2.53. The Balaban J connectivity index is 1.50. The van der Waals surface area contributed by atoms with E-state index in [4.69, 9.17) is 0 Å². The van der Waals surface area contributed by atoms with Crippen LogP contribution in [0, 0.1) is 0 Å². The molecule has 0 saturated heterocycles. The number of nitrogens with zero attached hydrogens (tertiary/aromatic N) is 2. The van der Waals surface area contributed by atoms with E-state index in [1.165, 1.54) is 16.0 Å². The smallest absolute Gasteiger partial charge is 0.265 e. The Morgan fingerprint density at radius 1 is 0.514 bits per heavy atom. The number of anilines is 4. The lowest BCUT2D eigenvalue weighted by molar-refractivity contribution is 0.0893. The van der Waals surface area contributed by atoms with Gasteiger partial charge in [-0.1, -0.05) is 80.6 Å². The third kappa shape index (κ3) is 2.90. The number of hydrogen-bond donors (Lipinski definition) is 0. The molecule has 2 aliphatic rings. The zero-order valence-corrected chi connectivity index (χ0v) is 20.6. The van der Waals surface area contributed by atoms with E-state index in [0.29, 0.717) is 22.2 Å². The molecule has 37 heavy (non-hydrogen) atoms. The average molecular weight is 481 g/mol. The SMILES string of the molecule is CC1(C)c2ccccc2N(c2ccc3c4c(cccc24)C(=O)N(c2ccccc2)C3=O)c2ccccc21. The van der Waals surface area contributed by atoms with Crippen LogP contribution in [0.15, 0.2) is 109 Å². The number of benzene rings is 5. The van der Waals surface area contributed by atoms with Gasteiger partial charge in [-0.25, -0.2) is 4.90 Å². The van der Waals surface area contributed by atoms with E-state index in [9.17, 15) is 9.59 Å². The first-order valence-electron chi connectivity index (χ1n) is 12.5. The van der Waals surface area contributed by atoms with Crippen molar-refractivity contribution in [1.82, 2.24) is 0 Å². The van der Waals surface area contributed by atoms with E-state index in [1.807, 2.05) is 48.5 Å². The van der Waals surface area contributed by atoms with Crippen LogP contribution in [0.25, 0.3) is 10.8 Å². The van der Waals surface area contributed by atoms with E-state index in [-0.39, 0.29) is 17.2 Å². The van der Waals surface area contributed by atoms with Gasteiger partial charge in [-0.15, -0.1) is 0 Å². The van der Waals surface area contributed by atoms with Crippen LogP contribution in [-0.4, -0.2) is 11.8 Å². The second-order valence-electron chi connectivity index (χ2n) is 10.1. The third-order valence-corrected chi connectivity index (χ3v) is 7.78. The van der Waals surface area contributed by atoms with E-state index >= 15 is 0 Å². The minimum Gasteiger partial charge on any atom is -0.309 e. The Bertz CT molecular complexity index is 1680. The van der Waals surface area contributed by atoms with Crippen molar-refractivity contribution in [1.29, 1.82) is 0 Å². The number of para-hydroxylation sites is 3. The largest absolute Gasteiger partial charge is 0.309 e. The second-order valence-corrected chi connectivity index (χ2v) is 10.1. The highest BCUT2D eigenvalue weighted by Gasteiger charge is 2.39. The lowest BCUT2D eigenvalue weighted by Crippen LogP contribution is -2.40. The number of hydrogen-bond acceptors (Lipinski definition) is 3. The van der Waals surface area contributed by atoms with Crippen LogP contribution in [0.2, 0.25) is 0 Å². The maximum Gasteiger partial charge on any atom is 0.265 e. The zero-order valence-electron chi connectivity index (χ0n) is 20.6. The molecule has 5 aromatic rings. The van der Waals surface area contributed by atoms with Gasteiger partial charge in [0.25, 0.3) is 11.8 Å². The maximum absolute atomic E-state index is 13.7. The van der Waals surface area contributed by atoms with Crippen LogP contribution in [0.5, 0.6) is 0 Å². The topological polar surface area (TPSA) is 40.6 Å². The summed E-state index contributed by atoms with van der Waals surface area (Å²) in [6.45, 7) is 4.52. The summed E-state index contributed by atoms with van der Waals surface area (Å²) >= 11 is 0. The van der Waals surface area contributed by atoms with Crippen molar-refractivity contribution in [2.45, 2.75) is 19.3 Å². The molecular formula is C33H24N2O2. The molecule has 0 N–H and O–H groups in total. The van der Waals surface area contributed by atoms with Crippen molar-refractivity contribution in [2.24, 2.45) is 0 Å². The van der Waals surface area contributed by atoms with Gasteiger partial charge in [0, 0.05) is 27.3 Å². The first kappa shape index (κ1) is 21.6. The molecule has 2 aliphatic heterocycles. The molecule has 0 atom stereocenters. The fourth-order valence-electron chi connectivity index (χ4n) is 6.02. The summed E-state index contributed by atoms with van der Waals surface area (Å²) < 4.78 is 0. The van der Waals surface area contributed by atoms with Gasteiger partial charge in [0.1, 0.15) is 0 Å². The van der Waals surface area contributed by atoms with E-state index in [1.54, 1.807) is 12.1 Å². The molecule has 0 fully saturated rings. The summed E-state index contributed by atoms with van der Waals surface area (Å²) in [6.07, 6.45) is 0. The summed E-state index contributed by atoms with van der Waals surface area (Å²) in [4.78, 5) is 30.9. The number of carbonyl (C=O) groups excluding carboxylic acids is 2. The monoisotopic (exact) mass is 480 g/mol. The third-order valence-electron chi connectivity index (χ3n) is 7.78. The van der Waals surface area contributed by atoms with Crippen molar-refractivity contribution in [3.8, 4) is 0 Å². The van der Waals surface area contributed by atoms with Crippen LogP contribution in [-0.2, 0) is 5.41 Å². The van der Waals surface area contributed by atoms with Gasteiger partial charge in [0.05, 0.1) is 22.7 Å². The molecule has 0 bridgehead atoms. The summed E-state index contributed by atoms with van der Waals surface area (Å²) in [5.41, 5.74) is 7.10. The van der Waals surface area contributed by atoms with Crippen LogP contribution < -0.4 is 9.80 Å². The molecule has 7 rings (SSSR count). The van der Waals surface area contributed by atoms with E-state index in [2.05, 4.69) is 67.3 Å². The molecule has 4 nitrogen and oxygen atoms in total. The van der Waals surface area contributed by atoms with Crippen molar-refractivity contribution in [3.05, 3.63) is 131 Å². The van der Waals surface area contributed by atoms with Crippen LogP contribution in [0.3, 0.4) is 0 Å². The molecule has 2 heterocycles. The van der Waals surface area contributed by atoms with Gasteiger partial charge in [-0.3, -0.25) is 9.59 Å². The molecule has 0 saturated carbocycles. The molecule has 0 spiro atoms. The lowest BCUT2D eigenvalue weighted by atomic mass is 9.73. The number of rotatable bonds is 2. The first-order valence-corrected chi connectivity index (χ1v) is 12.5. The van der Waals surface area contributed by atoms with Crippen molar-refractivity contribution in [3.63, 3.8) is 0 Å². The number of imide groups is 1. The van der Waals surface area contributed by atoms with Crippen LogP contribution >= 0.6 is 0 Å². The van der Waals surface area contributed by atoms with Gasteiger partial charge >= 0.3 is 0 Å². The standard InChI is InChI=1S/C33H24N2O2/c1-33(2)25-15-6-8-17-28(25)35(29-18-9-7-16-26(29)33)27-20-19-24-30-22(27)13-10-14-23(30)31(36)34(32(24)37)21-11-4-3-5-12-21/h3-20H,1-2H3. The fraction of sp³-hybridized carbons (Fsp3) is 0.0909. The van der Waals surface area contributed by atoms with Crippen molar-refractivity contribution in [2.75, 3.05) is 9.80 Å². The van der Waals surface area contributed by atoms with Gasteiger partial charge in [-0.2, -0.15) is 0 Å². The molecule has 0 aliphatic carbocycles. The number of carbonyl (C=O) groups is 2. The normalized spacial score (nSPS) is 15.5. The summed E-state index contributed by atoms with van der Waals surface area (Å²) in [6, 6.07) is 35.7. The van der Waals surface area contributed by atoms with Gasteiger partial charge in [-0.05, 0) is 53.6 Å². The van der Waals surface area contributed by atoms with Crippen molar-refractivity contribution < 1.29 is 9.59 Å². The minimum atomic E-state index is -0.299. The van der Waals surface area contributed by atoms with E-state index in [0.717, 1.165) is 22.4 Å². The number of fused-ring (bicyclic) bond motifs is 2. The summed E-state index contributed by atoms with van der Waals surface area (Å²) in [5.74, 6) is -0.598. The molecule has 0 unspecified atom stereocenters. The van der Waals surface area contributed by atoms with Crippen LogP contribution in [0.1, 0.15) is 45.7 Å². The molecule has 2 amide bonds. The molecule has 5 aromatic carbocycles. The summed E-state index contributed by atoms with van der Waals surface area (Å²) in [5, 5.41) is 1.59. The lowest BCUT2D eigenvalue weighted by Gasteiger charge is -2.42. The van der Waals surface area contributed by atoms with Crippen LogP contribution in [0.4, 0.5) is 22.7 Å². The second kappa shape index (κ2) is 7.65. The van der Waals surface area contributed by atoms with Gasteiger partial charge in [0.15, 0.2) is 0 Å². The predicted octanol–water partition coefficient (Wildman–Crippen LogP) is 7.75. The quantitative estimate of drug-likeness (QED) is 0.243. The molecular weight excluding hydrogens is 456 g/mol. The van der Waals surface area contributed by atoms with Crippen molar-refractivity contribution >= 4 is 45.3 Å². The fourth-order valence-corrected chi connectivity index (χ4v) is 6.02. The Morgan fingerprint density at radius 2 is 1.08 bits per heavy atom. The average Bonchev–Trinajstić information content (AvgIpc) is 2.93. The predicted molar refractivity (Wildman–Crippen MR) is 148 cm³/mol. The Labute approximate surface area is 215 Å². The van der Waals surface area contributed by atoms with Gasteiger partial charge in [0.2, 0.25) is 0 Å². The van der Waals surface area contributed by atoms with E-state index < -0.39 is 0 Å². The highest BCUT2D eigenvalue weighted by atomic mass is 16.2. The molecule has 0 radical (unpaired) electrons. The Kier molecular flexibility index (Phi) is 4.46. The maximum atomic E-state index is 13.7. The Morgan fingerprint density at radius 3 is 1.73 bits per heavy atom. The molecule has 178 valence electrons. The Hall–Kier alpha value is -4.70. The minimum absolute atomic E-state index is 0.169. The highest BCUT2D eigenvalue weighted by molar-refractivity contribution is 6.36. The zero-order chi connectivity index (χ0) is 25.3.